The van der Waals surface area contributed by atoms with E-state index in [4.69, 9.17) is 9.47 Å². The molecule has 2 aromatic rings. The Morgan fingerprint density at radius 2 is 1.76 bits per heavy atom. The molecule has 0 saturated carbocycles. The van der Waals surface area contributed by atoms with Crippen molar-refractivity contribution in [2.45, 2.75) is 17.7 Å². The lowest BCUT2D eigenvalue weighted by Gasteiger charge is -2.17. The van der Waals surface area contributed by atoms with Crippen LogP contribution in [0.5, 0.6) is 11.5 Å². The largest absolute Gasteiger partial charge is 0.493 e. The summed E-state index contributed by atoms with van der Waals surface area (Å²) in [5.74, 6) is 0.720. The molecule has 0 unspecified atom stereocenters. The number of rotatable bonds is 8. The lowest BCUT2D eigenvalue weighted by molar-refractivity contribution is 0.354. The van der Waals surface area contributed by atoms with Crippen molar-refractivity contribution in [1.82, 2.24) is 4.31 Å². The van der Waals surface area contributed by atoms with Crippen molar-refractivity contribution in [3.63, 3.8) is 0 Å². The first-order valence-electron chi connectivity index (χ1n) is 7.81. The van der Waals surface area contributed by atoms with Gasteiger partial charge in [-0.25, -0.2) is 17.1 Å². The van der Waals surface area contributed by atoms with Crippen LogP contribution in [0.4, 0.5) is 4.39 Å². The Morgan fingerprint density at radius 3 is 2.40 bits per heavy atom. The Bertz CT molecular complexity index is 824. The van der Waals surface area contributed by atoms with Crippen molar-refractivity contribution in [3.8, 4) is 11.5 Å². The molecule has 0 aliphatic carbocycles. The minimum absolute atomic E-state index is 0.0406. The molecule has 136 valence electrons. The van der Waals surface area contributed by atoms with Crippen LogP contribution in [0.2, 0.25) is 0 Å². The monoisotopic (exact) mass is 367 g/mol. The Balaban J connectivity index is 1.99. The second kappa shape index (κ2) is 8.31. The summed E-state index contributed by atoms with van der Waals surface area (Å²) in [7, 11) is 0.948. The summed E-state index contributed by atoms with van der Waals surface area (Å²) in [6, 6.07) is 10.6. The maximum absolute atomic E-state index is 13.3. The summed E-state index contributed by atoms with van der Waals surface area (Å²) in [5, 5.41) is 0. The number of benzene rings is 2. The highest BCUT2D eigenvalue weighted by atomic mass is 32.2. The summed E-state index contributed by atoms with van der Waals surface area (Å²) in [6.45, 7) is 0.327. The van der Waals surface area contributed by atoms with Crippen LogP contribution in [0.25, 0.3) is 0 Å². The van der Waals surface area contributed by atoms with Gasteiger partial charge in [-0.15, -0.1) is 0 Å². The molecular weight excluding hydrogens is 345 g/mol. The van der Waals surface area contributed by atoms with E-state index in [1.165, 1.54) is 29.6 Å². The van der Waals surface area contributed by atoms with Crippen LogP contribution in [-0.4, -0.2) is 40.5 Å². The van der Waals surface area contributed by atoms with Crippen molar-refractivity contribution >= 4 is 10.0 Å². The molecule has 0 aromatic heterocycles. The van der Waals surface area contributed by atoms with E-state index in [2.05, 4.69) is 0 Å². The van der Waals surface area contributed by atoms with Crippen LogP contribution < -0.4 is 9.47 Å². The molecule has 7 heteroatoms. The van der Waals surface area contributed by atoms with E-state index < -0.39 is 15.8 Å². The summed E-state index contributed by atoms with van der Waals surface area (Å²) in [5.41, 5.74) is 1.02. The van der Waals surface area contributed by atoms with Gasteiger partial charge < -0.3 is 9.47 Å². The zero-order valence-electron chi connectivity index (χ0n) is 14.5. The predicted molar refractivity (Wildman–Crippen MR) is 94.1 cm³/mol. The number of sulfonamides is 1. The molecular formula is C18H22FNO4S. The van der Waals surface area contributed by atoms with Crippen LogP contribution in [0.1, 0.15) is 12.0 Å². The standard InChI is InChI=1S/C18H22FNO4S/c1-20(25(21,22)16-8-4-7-15(19)13-16)11-5-6-14-9-10-17(23-2)18(12-14)24-3/h4,7-10,12-13H,5-6,11H2,1-3H3. The molecule has 0 heterocycles. The number of halogens is 1. The van der Waals surface area contributed by atoms with Gasteiger partial charge in [-0.3, -0.25) is 0 Å². The van der Waals surface area contributed by atoms with E-state index in [-0.39, 0.29) is 4.90 Å². The van der Waals surface area contributed by atoms with E-state index in [0.717, 1.165) is 11.6 Å². The highest BCUT2D eigenvalue weighted by molar-refractivity contribution is 7.89. The van der Waals surface area contributed by atoms with Crippen molar-refractivity contribution in [2.24, 2.45) is 0 Å². The molecule has 0 N–H and O–H groups in total. The first-order chi connectivity index (χ1) is 11.9. The highest BCUT2D eigenvalue weighted by Gasteiger charge is 2.20. The van der Waals surface area contributed by atoms with Gasteiger partial charge >= 0.3 is 0 Å². The zero-order valence-corrected chi connectivity index (χ0v) is 15.3. The molecule has 2 rings (SSSR count). The van der Waals surface area contributed by atoms with Crippen LogP contribution in [0, 0.1) is 5.82 Å². The van der Waals surface area contributed by atoms with Crippen molar-refractivity contribution in [1.29, 1.82) is 0 Å². The maximum atomic E-state index is 13.3. The normalized spacial score (nSPS) is 11.6. The van der Waals surface area contributed by atoms with E-state index in [1.807, 2.05) is 18.2 Å². The van der Waals surface area contributed by atoms with Crippen molar-refractivity contribution < 1.29 is 22.3 Å². The number of aryl methyl sites for hydroxylation is 1. The van der Waals surface area contributed by atoms with Gasteiger partial charge in [0.15, 0.2) is 11.5 Å². The Kier molecular flexibility index (Phi) is 6.39. The fourth-order valence-electron chi connectivity index (χ4n) is 2.47. The maximum Gasteiger partial charge on any atom is 0.242 e. The minimum Gasteiger partial charge on any atom is -0.493 e. The third-order valence-corrected chi connectivity index (χ3v) is 5.74. The van der Waals surface area contributed by atoms with Gasteiger partial charge in [0.1, 0.15) is 5.82 Å². The van der Waals surface area contributed by atoms with Gasteiger partial charge in [-0.1, -0.05) is 12.1 Å². The van der Waals surface area contributed by atoms with Gasteiger partial charge in [-0.05, 0) is 48.7 Å². The third kappa shape index (κ3) is 4.70. The zero-order chi connectivity index (χ0) is 18.4. The van der Waals surface area contributed by atoms with Crippen LogP contribution in [-0.2, 0) is 16.4 Å². The summed E-state index contributed by atoms with van der Waals surface area (Å²) in [4.78, 5) is -0.0406. The van der Waals surface area contributed by atoms with Crippen molar-refractivity contribution in [3.05, 3.63) is 53.8 Å². The van der Waals surface area contributed by atoms with Gasteiger partial charge in [0, 0.05) is 13.6 Å². The number of methoxy groups -OCH3 is 2. The van der Waals surface area contributed by atoms with Crippen molar-refractivity contribution in [2.75, 3.05) is 27.8 Å². The number of ether oxygens (including phenoxy) is 2. The summed E-state index contributed by atoms with van der Waals surface area (Å²) >= 11 is 0. The molecule has 0 amide bonds. The van der Waals surface area contributed by atoms with Gasteiger partial charge in [0.25, 0.3) is 0 Å². The Hall–Kier alpha value is -2.12. The molecule has 0 aliphatic rings. The molecule has 0 saturated heterocycles. The lowest BCUT2D eigenvalue weighted by atomic mass is 10.1. The fraction of sp³-hybridized carbons (Fsp3) is 0.333. The Labute approximate surface area is 148 Å². The minimum atomic E-state index is -3.69. The fourth-order valence-corrected chi connectivity index (χ4v) is 3.71. The van der Waals surface area contributed by atoms with Gasteiger partial charge in [-0.2, -0.15) is 0 Å². The molecule has 0 fully saturated rings. The van der Waals surface area contributed by atoms with Crippen LogP contribution in [0.3, 0.4) is 0 Å². The van der Waals surface area contributed by atoms with Crippen LogP contribution in [0.15, 0.2) is 47.4 Å². The molecule has 5 nitrogen and oxygen atoms in total. The van der Waals surface area contributed by atoms with Crippen LogP contribution >= 0.6 is 0 Å². The molecule has 0 spiro atoms. The average Bonchev–Trinajstić information content (AvgIpc) is 2.61. The number of hydrogen-bond donors (Lipinski definition) is 0. The molecule has 0 bridgehead atoms. The third-order valence-electron chi connectivity index (χ3n) is 3.89. The summed E-state index contributed by atoms with van der Waals surface area (Å²) < 4.78 is 49.8. The van der Waals surface area contributed by atoms with E-state index in [9.17, 15) is 12.8 Å². The summed E-state index contributed by atoms with van der Waals surface area (Å²) in [6.07, 6.45) is 1.31. The second-order valence-corrected chi connectivity index (χ2v) is 7.62. The number of nitrogens with zero attached hydrogens (tertiary/aromatic N) is 1. The smallest absolute Gasteiger partial charge is 0.242 e. The first kappa shape index (κ1) is 19.2. The van der Waals surface area contributed by atoms with Gasteiger partial charge in [0.05, 0.1) is 19.1 Å². The van der Waals surface area contributed by atoms with Gasteiger partial charge in [0.2, 0.25) is 10.0 Å². The SMILES string of the molecule is COc1ccc(CCCN(C)S(=O)(=O)c2cccc(F)c2)cc1OC. The predicted octanol–water partition coefficient (Wildman–Crippen LogP) is 3.10. The average molecular weight is 367 g/mol. The van der Waals surface area contributed by atoms with E-state index in [0.29, 0.717) is 30.9 Å². The molecule has 0 aliphatic heterocycles. The first-order valence-corrected chi connectivity index (χ1v) is 9.25. The lowest BCUT2D eigenvalue weighted by Crippen LogP contribution is -2.28. The second-order valence-electron chi connectivity index (χ2n) is 5.58. The molecule has 25 heavy (non-hydrogen) atoms. The molecule has 0 radical (unpaired) electrons. The quantitative estimate of drug-likeness (QED) is 0.719. The topological polar surface area (TPSA) is 55.8 Å². The van der Waals surface area contributed by atoms with E-state index >= 15 is 0 Å². The number of hydrogen-bond acceptors (Lipinski definition) is 4. The highest BCUT2D eigenvalue weighted by Crippen LogP contribution is 2.28. The Morgan fingerprint density at radius 1 is 1.04 bits per heavy atom. The van der Waals surface area contributed by atoms with E-state index in [1.54, 1.807) is 14.2 Å². The molecule has 0 atom stereocenters. The molecule has 2 aromatic carbocycles.